The Labute approximate surface area is 185 Å². The lowest BCUT2D eigenvalue weighted by atomic mass is 10.1. The van der Waals surface area contributed by atoms with E-state index in [4.69, 9.17) is 0 Å². The van der Waals surface area contributed by atoms with Crippen molar-refractivity contribution in [3.8, 4) is 0 Å². The molecule has 0 radical (unpaired) electrons. The summed E-state index contributed by atoms with van der Waals surface area (Å²) in [4.78, 5) is 48.1. The van der Waals surface area contributed by atoms with Crippen LogP contribution in [0.3, 0.4) is 0 Å². The highest BCUT2D eigenvalue weighted by Gasteiger charge is 2.24. The third-order valence-electron chi connectivity index (χ3n) is 6.02. The van der Waals surface area contributed by atoms with Gasteiger partial charge in [-0.05, 0) is 43.7 Å². The molecule has 2 aromatic heterocycles. The van der Waals surface area contributed by atoms with Gasteiger partial charge >= 0.3 is 5.69 Å². The van der Waals surface area contributed by atoms with Crippen LogP contribution in [-0.2, 0) is 13.1 Å². The quantitative estimate of drug-likeness (QED) is 0.623. The predicted molar refractivity (Wildman–Crippen MR) is 124 cm³/mol. The Hall–Kier alpha value is -3.46. The highest BCUT2D eigenvalue weighted by atomic mass is 16.2. The zero-order valence-corrected chi connectivity index (χ0v) is 18.6. The van der Waals surface area contributed by atoms with Gasteiger partial charge in [0.2, 0.25) is 0 Å². The third-order valence-corrected chi connectivity index (χ3v) is 6.02. The van der Waals surface area contributed by atoms with Gasteiger partial charge in [0.1, 0.15) is 5.69 Å². The van der Waals surface area contributed by atoms with Crippen LogP contribution in [-0.4, -0.2) is 58.1 Å². The molecule has 0 saturated carbocycles. The summed E-state index contributed by atoms with van der Waals surface area (Å²) in [7, 11) is 1.59. The lowest BCUT2D eigenvalue weighted by Gasteiger charge is -2.41. The second-order valence-electron chi connectivity index (χ2n) is 8.12. The van der Waals surface area contributed by atoms with E-state index in [2.05, 4.69) is 32.0 Å². The van der Waals surface area contributed by atoms with E-state index in [0.29, 0.717) is 23.1 Å². The molecule has 1 aromatic carbocycles. The number of benzene rings is 1. The minimum atomic E-state index is -0.375. The van der Waals surface area contributed by atoms with E-state index < -0.39 is 0 Å². The Balaban J connectivity index is 1.46. The molecule has 1 aliphatic heterocycles. The van der Waals surface area contributed by atoms with Crippen LogP contribution in [0.1, 0.15) is 29.9 Å². The number of nitrogens with zero attached hydrogens (tertiary/aromatic N) is 4. The summed E-state index contributed by atoms with van der Waals surface area (Å²) >= 11 is 0. The van der Waals surface area contributed by atoms with Crippen LogP contribution in [0.2, 0.25) is 0 Å². The highest BCUT2D eigenvalue weighted by Crippen LogP contribution is 2.21. The van der Waals surface area contributed by atoms with E-state index in [1.54, 1.807) is 32.3 Å². The van der Waals surface area contributed by atoms with Gasteiger partial charge in [-0.2, -0.15) is 0 Å². The van der Waals surface area contributed by atoms with E-state index in [-0.39, 0.29) is 23.2 Å². The molecular weight excluding hydrogens is 408 g/mol. The minimum Gasteiger partial charge on any atom is -0.365 e. The minimum absolute atomic E-state index is 0.195. The maximum Gasteiger partial charge on any atom is 0.328 e. The second-order valence-corrected chi connectivity index (χ2v) is 8.12. The standard InChI is InChI=1S/C23H28N6O3/c1-4-28-22(31)18-7-5-16(11-20(18)26-23(28)32)14-27-9-10-29(15(2)13-27)17-6-8-19(25-12-17)21(30)24-3/h5-8,11-12,15H,4,9-10,13-14H2,1-3H3,(H,24,30)(H,26,32)/t15-/m0/s1. The van der Waals surface area contributed by atoms with Crippen LogP contribution in [0.4, 0.5) is 5.69 Å². The normalized spacial score (nSPS) is 17.0. The molecule has 1 aliphatic rings. The topological polar surface area (TPSA) is 103 Å². The summed E-state index contributed by atoms with van der Waals surface area (Å²) < 4.78 is 1.21. The fourth-order valence-electron chi connectivity index (χ4n) is 4.32. The molecular formula is C23H28N6O3. The van der Waals surface area contributed by atoms with Gasteiger partial charge in [0.25, 0.3) is 11.5 Å². The van der Waals surface area contributed by atoms with Gasteiger partial charge in [0.15, 0.2) is 0 Å². The zero-order valence-electron chi connectivity index (χ0n) is 18.6. The number of amides is 1. The molecule has 0 spiro atoms. The number of pyridine rings is 1. The summed E-state index contributed by atoms with van der Waals surface area (Å²) in [5, 5.41) is 3.11. The smallest absolute Gasteiger partial charge is 0.328 e. The molecule has 2 N–H and O–H groups in total. The van der Waals surface area contributed by atoms with Crippen LogP contribution >= 0.6 is 0 Å². The molecule has 1 amide bonds. The van der Waals surface area contributed by atoms with Gasteiger partial charge in [-0.15, -0.1) is 0 Å². The fourth-order valence-corrected chi connectivity index (χ4v) is 4.32. The monoisotopic (exact) mass is 436 g/mol. The molecule has 1 atom stereocenters. The van der Waals surface area contributed by atoms with Crippen molar-refractivity contribution in [1.82, 2.24) is 24.8 Å². The van der Waals surface area contributed by atoms with Crippen LogP contribution in [0.15, 0.2) is 46.1 Å². The van der Waals surface area contributed by atoms with E-state index in [0.717, 1.165) is 37.4 Å². The molecule has 32 heavy (non-hydrogen) atoms. The first-order chi connectivity index (χ1) is 15.4. The number of fused-ring (bicyclic) bond motifs is 1. The molecule has 168 valence electrons. The van der Waals surface area contributed by atoms with Crippen molar-refractivity contribution in [2.45, 2.75) is 33.0 Å². The van der Waals surface area contributed by atoms with Gasteiger partial charge in [0.05, 0.1) is 22.8 Å². The number of H-pyrrole nitrogens is 1. The van der Waals surface area contributed by atoms with Crippen LogP contribution in [0.5, 0.6) is 0 Å². The largest absolute Gasteiger partial charge is 0.365 e. The molecule has 0 bridgehead atoms. The van der Waals surface area contributed by atoms with Crippen molar-refractivity contribution in [2.75, 3.05) is 31.6 Å². The number of aromatic nitrogens is 3. The van der Waals surface area contributed by atoms with Crippen LogP contribution in [0.25, 0.3) is 10.9 Å². The average Bonchev–Trinajstić information content (AvgIpc) is 2.79. The van der Waals surface area contributed by atoms with Crippen LogP contribution in [0, 0.1) is 0 Å². The second kappa shape index (κ2) is 8.96. The Morgan fingerprint density at radius 1 is 1.22 bits per heavy atom. The maximum absolute atomic E-state index is 12.5. The molecule has 9 heteroatoms. The first-order valence-corrected chi connectivity index (χ1v) is 10.8. The number of hydrogen-bond acceptors (Lipinski definition) is 6. The maximum atomic E-state index is 12.5. The molecule has 4 rings (SSSR count). The van der Waals surface area contributed by atoms with Crippen molar-refractivity contribution in [1.29, 1.82) is 0 Å². The summed E-state index contributed by atoms with van der Waals surface area (Å²) in [6.07, 6.45) is 1.75. The van der Waals surface area contributed by atoms with Crippen molar-refractivity contribution >= 4 is 22.5 Å². The lowest BCUT2D eigenvalue weighted by Crippen LogP contribution is -2.51. The predicted octanol–water partition coefficient (Wildman–Crippen LogP) is 1.18. The average molecular weight is 437 g/mol. The molecule has 3 aromatic rings. The molecule has 9 nitrogen and oxygen atoms in total. The molecule has 1 fully saturated rings. The Bertz CT molecular complexity index is 1250. The van der Waals surface area contributed by atoms with Gasteiger partial charge in [-0.25, -0.2) is 9.78 Å². The lowest BCUT2D eigenvalue weighted by molar-refractivity contribution is 0.0958. The van der Waals surface area contributed by atoms with E-state index >= 15 is 0 Å². The number of carbonyl (C=O) groups is 1. The zero-order chi connectivity index (χ0) is 22.8. The number of piperazine rings is 1. The number of hydrogen-bond donors (Lipinski definition) is 2. The van der Waals surface area contributed by atoms with E-state index in [9.17, 15) is 14.4 Å². The highest BCUT2D eigenvalue weighted by molar-refractivity contribution is 5.92. The van der Waals surface area contributed by atoms with Crippen molar-refractivity contribution in [2.24, 2.45) is 0 Å². The number of carbonyl (C=O) groups excluding carboxylic acids is 1. The number of anilines is 1. The molecule has 0 aliphatic carbocycles. The van der Waals surface area contributed by atoms with E-state index in [1.165, 1.54) is 4.57 Å². The Morgan fingerprint density at radius 2 is 2.03 bits per heavy atom. The first kappa shape index (κ1) is 21.8. The molecule has 3 heterocycles. The fraction of sp³-hybridized carbons (Fsp3) is 0.391. The Kier molecular flexibility index (Phi) is 6.09. The van der Waals surface area contributed by atoms with E-state index in [1.807, 2.05) is 18.2 Å². The van der Waals surface area contributed by atoms with Crippen molar-refractivity contribution < 1.29 is 4.79 Å². The third kappa shape index (κ3) is 4.16. The van der Waals surface area contributed by atoms with Crippen molar-refractivity contribution in [3.63, 3.8) is 0 Å². The number of nitrogens with one attached hydrogen (secondary N) is 2. The summed E-state index contributed by atoms with van der Waals surface area (Å²) in [5.74, 6) is -0.195. The molecule has 0 unspecified atom stereocenters. The van der Waals surface area contributed by atoms with Crippen molar-refractivity contribution in [3.05, 3.63) is 68.6 Å². The first-order valence-electron chi connectivity index (χ1n) is 10.8. The number of aromatic amines is 1. The van der Waals surface area contributed by atoms with Crippen LogP contribution < -0.4 is 21.5 Å². The van der Waals surface area contributed by atoms with Gasteiger partial charge in [-0.1, -0.05) is 6.07 Å². The number of rotatable bonds is 5. The summed E-state index contributed by atoms with van der Waals surface area (Å²) in [5.41, 5.74) is 2.41. The van der Waals surface area contributed by atoms with Gasteiger partial charge < -0.3 is 15.2 Å². The SMILES string of the molecule is CCn1c(=O)[nH]c2cc(CN3CCN(c4ccc(C(=O)NC)nc4)[C@@H](C)C3)ccc2c1=O. The summed E-state index contributed by atoms with van der Waals surface area (Å²) in [6, 6.07) is 9.61. The molecule has 1 saturated heterocycles. The summed E-state index contributed by atoms with van der Waals surface area (Å²) in [6.45, 7) is 7.61. The Morgan fingerprint density at radius 3 is 2.69 bits per heavy atom. The van der Waals surface area contributed by atoms with Gasteiger partial charge in [-0.3, -0.25) is 19.1 Å². The van der Waals surface area contributed by atoms with Gasteiger partial charge in [0, 0.05) is 45.8 Å².